The second kappa shape index (κ2) is 3.50. The predicted molar refractivity (Wildman–Crippen MR) is 42.9 cm³/mol. The minimum Gasteiger partial charge on any atom is -0.326 e. The van der Waals surface area contributed by atoms with Crippen molar-refractivity contribution in [1.82, 2.24) is 0 Å². The van der Waals surface area contributed by atoms with E-state index in [9.17, 15) is 8.42 Å². The van der Waals surface area contributed by atoms with Gasteiger partial charge in [-0.3, -0.25) is 0 Å². The second-order valence-corrected chi connectivity index (χ2v) is 3.09. The molecule has 0 aliphatic rings. The van der Waals surface area contributed by atoms with E-state index >= 15 is 0 Å². The molecule has 0 aliphatic carbocycles. The van der Waals surface area contributed by atoms with Crippen molar-refractivity contribution in [3.05, 3.63) is 29.8 Å². The number of thiol groups is 1. The molecule has 3 nitrogen and oxygen atoms in total. The van der Waals surface area contributed by atoms with E-state index in [-0.39, 0.29) is 6.54 Å². The Morgan fingerprint density at radius 3 is 2.36 bits per heavy atom. The lowest BCUT2D eigenvalue weighted by Gasteiger charge is -1.98. The highest BCUT2D eigenvalue weighted by molar-refractivity contribution is 7.72. The highest BCUT2D eigenvalue weighted by Gasteiger charge is 1.99. The summed E-state index contributed by atoms with van der Waals surface area (Å²) in [6.45, 7) is 0.263. The Balaban J connectivity index is 3.23. The highest BCUT2D eigenvalue weighted by atomic mass is 32.2. The minimum absolute atomic E-state index is 0.263. The van der Waals surface area contributed by atoms with Gasteiger partial charge in [0, 0.05) is 6.54 Å². The van der Waals surface area contributed by atoms with Gasteiger partial charge in [-0.05, 0) is 11.6 Å². The molecular weight excluding hydrogens is 162 g/mol. The molecule has 60 valence electrons. The zero-order valence-corrected chi connectivity index (χ0v) is 6.75. The van der Waals surface area contributed by atoms with Crippen LogP contribution >= 0.6 is 0 Å². The van der Waals surface area contributed by atoms with Crippen LogP contribution in [0.15, 0.2) is 29.2 Å². The van der Waals surface area contributed by atoms with Crippen LogP contribution in [0.5, 0.6) is 0 Å². The van der Waals surface area contributed by atoms with E-state index in [1.54, 1.807) is 24.3 Å². The van der Waals surface area contributed by atoms with Crippen molar-refractivity contribution in [2.24, 2.45) is 5.73 Å². The molecule has 0 fully saturated rings. The number of benzene rings is 1. The van der Waals surface area contributed by atoms with Crippen molar-refractivity contribution in [2.75, 3.05) is 0 Å². The molecule has 0 amide bonds. The maximum Gasteiger partial charge on any atom is 0.168 e. The summed E-state index contributed by atoms with van der Waals surface area (Å²) in [5.74, 6) is 0. The van der Waals surface area contributed by atoms with E-state index in [2.05, 4.69) is 0 Å². The highest BCUT2D eigenvalue weighted by Crippen LogP contribution is 2.08. The van der Waals surface area contributed by atoms with Crippen LogP contribution in [0.1, 0.15) is 5.56 Å². The Labute approximate surface area is 66.8 Å². The van der Waals surface area contributed by atoms with E-state index in [0.717, 1.165) is 0 Å². The number of nitrogens with two attached hydrogens (primary N) is 1. The molecule has 1 aromatic carbocycles. The van der Waals surface area contributed by atoms with Crippen molar-refractivity contribution >= 4 is 10.7 Å². The minimum atomic E-state index is -2.50. The van der Waals surface area contributed by atoms with Gasteiger partial charge in [-0.15, -0.1) is 0 Å². The van der Waals surface area contributed by atoms with Crippen molar-refractivity contribution in [3.63, 3.8) is 0 Å². The first-order valence-corrected chi connectivity index (χ1v) is 4.36. The normalized spacial score (nSPS) is 10.4. The van der Waals surface area contributed by atoms with Crippen LogP contribution in [-0.4, -0.2) is 8.42 Å². The Kier molecular flexibility index (Phi) is 2.62. The fourth-order valence-corrected chi connectivity index (χ4v) is 1.47. The molecule has 0 aromatic heterocycles. The van der Waals surface area contributed by atoms with E-state index in [1.165, 1.54) is 0 Å². The molecule has 0 bridgehead atoms. The molecule has 11 heavy (non-hydrogen) atoms. The Morgan fingerprint density at radius 1 is 1.27 bits per heavy atom. The topological polar surface area (TPSA) is 60.2 Å². The van der Waals surface area contributed by atoms with Gasteiger partial charge in [-0.2, -0.15) is 0 Å². The third-order valence-corrected chi connectivity index (χ3v) is 2.24. The summed E-state index contributed by atoms with van der Waals surface area (Å²) >= 11 is 0. The summed E-state index contributed by atoms with van der Waals surface area (Å²) < 4.78 is 21.1. The molecule has 0 spiro atoms. The van der Waals surface area contributed by atoms with Crippen LogP contribution in [0.25, 0.3) is 0 Å². The summed E-state index contributed by atoms with van der Waals surface area (Å²) in [6.07, 6.45) is 0. The fourth-order valence-electron chi connectivity index (χ4n) is 0.862. The van der Waals surface area contributed by atoms with Gasteiger partial charge in [-0.1, -0.05) is 18.2 Å². The van der Waals surface area contributed by atoms with Crippen LogP contribution in [0, 0.1) is 0 Å². The lowest BCUT2D eigenvalue weighted by molar-refractivity contribution is 0.613. The molecule has 0 unspecified atom stereocenters. The molecule has 4 heteroatoms. The number of rotatable bonds is 2. The Hall–Kier alpha value is -0.870. The molecule has 0 atom stereocenters. The van der Waals surface area contributed by atoms with Gasteiger partial charge in [0.2, 0.25) is 0 Å². The van der Waals surface area contributed by atoms with Gasteiger partial charge < -0.3 is 5.73 Å². The van der Waals surface area contributed by atoms with Crippen molar-refractivity contribution < 1.29 is 8.42 Å². The summed E-state index contributed by atoms with van der Waals surface area (Å²) in [7, 11) is -2.50. The van der Waals surface area contributed by atoms with Gasteiger partial charge in [0.15, 0.2) is 10.7 Å². The van der Waals surface area contributed by atoms with Crippen LogP contribution < -0.4 is 5.73 Å². The molecule has 1 rings (SSSR count). The van der Waals surface area contributed by atoms with Gasteiger partial charge in [-0.25, -0.2) is 8.42 Å². The van der Waals surface area contributed by atoms with Crippen molar-refractivity contribution in [1.29, 1.82) is 0 Å². The fraction of sp³-hybridized carbons (Fsp3) is 0.143. The van der Waals surface area contributed by atoms with Gasteiger partial charge in [0.1, 0.15) is 0 Å². The monoisotopic (exact) mass is 171 g/mol. The maximum atomic E-state index is 10.6. The van der Waals surface area contributed by atoms with Crippen LogP contribution in [0.4, 0.5) is 0 Å². The summed E-state index contributed by atoms with van der Waals surface area (Å²) in [5.41, 5.74) is 5.99. The quantitative estimate of drug-likeness (QED) is 0.621. The SMILES string of the molecule is NCc1ccccc1[SH](=O)=O. The summed E-state index contributed by atoms with van der Waals surface area (Å²) in [6, 6.07) is 6.71. The standard InChI is InChI=1S/C7H9NO2S/c8-5-6-3-1-2-4-7(6)11(9)10/h1-4,11H,5,8H2. The first kappa shape index (κ1) is 8.23. The zero-order valence-electron chi connectivity index (χ0n) is 5.86. The van der Waals surface area contributed by atoms with Crippen LogP contribution in [-0.2, 0) is 17.2 Å². The first-order valence-electron chi connectivity index (χ1n) is 3.18. The van der Waals surface area contributed by atoms with E-state index in [1.807, 2.05) is 0 Å². The van der Waals surface area contributed by atoms with E-state index in [4.69, 9.17) is 5.73 Å². The smallest absolute Gasteiger partial charge is 0.168 e. The number of hydrogen-bond acceptors (Lipinski definition) is 3. The molecular formula is C7H9NO2S. The molecule has 0 radical (unpaired) electrons. The van der Waals surface area contributed by atoms with Crippen LogP contribution in [0.3, 0.4) is 0 Å². The lowest BCUT2D eigenvalue weighted by atomic mass is 10.2. The maximum absolute atomic E-state index is 10.6. The van der Waals surface area contributed by atoms with Crippen LogP contribution in [0.2, 0.25) is 0 Å². The second-order valence-electron chi connectivity index (χ2n) is 2.09. The molecule has 2 N–H and O–H groups in total. The van der Waals surface area contributed by atoms with Gasteiger partial charge in [0.25, 0.3) is 0 Å². The zero-order chi connectivity index (χ0) is 8.27. The van der Waals surface area contributed by atoms with E-state index < -0.39 is 10.7 Å². The number of hydrogen-bond donors (Lipinski definition) is 2. The largest absolute Gasteiger partial charge is 0.326 e. The van der Waals surface area contributed by atoms with E-state index in [0.29, 0.717) is 10.5 Å². The van der Waals surface area contributed by atoms with Gasteiger partial charge in [0.05, 0.1) is 4.90 Å². The molecule has 1 aromatic rings. The molecule has 0 heterocycles. The predicted octanol–water partition coefficient (Wildman–Crippen LogP) is 0.116. The van der Waals surface area contributed by atoms with Gasteiger partial charge >= 0.3 is 0 Å². The average Bonchev–Trinajstić information content (AvgIpc) is 2.04. The molecule has 0 saturated heterocycles. The molecule has 0 saturated carbocycles. The third-order valence-electron chi connectivity index (χ3n) is 1.41. The summed E-state index contributed by atoms with van der Waals surface area (Å²) in [4.78, 5) is 0.324. The lowest BCUT2D eigenvalue weighted by Crippen LogP contribution is -1.99. The Bertz CT molecular complexity index is 312. The average molecular weight is 171 g/mol. The molecule has 0 aliphatic heterocycles. The Morgan fingerprint density at radius 2 is 1.91 bits per heavy atom. The summed E-state index contributed by atoms with van der Waals surface area (Å²) in [5, 5.41) is 0. The van der Waals surface area contributed by atoms with Crippen molar-refractivity contribution in [3.8, 4) is 0 Å². The first-order chi connectivity index (χ1) is 5.25. The third kappa shape index (κ3) is 1.78. The van der Waals surface area contributed by atoms with Crippen molar-refractivity contribution in [2.45, 2.75) is 11.4 Å².